The molecule has 174 valence electrons. The minimum absolute atomic E-state index is 0.137. The molecule has 1 aliphatic heterocycles. The van der Waals surface area contributed by atoms with Gasteiger partial charge in [-0.05, 0) is 19.1 Å². The van der Waals surface area contributed by atoms with Crippen LogP contribution in [0.15, 0.2) is 11.0 Å². The number of aromatic nitrogens is 2. The van der Waals surface area contributed by atoms with Gasteiger partial charge in [-0.15, -0.1) is 0 Å². The van der Waals surface area contributed by atoms with Gasteiger partial charge >= 0.3 is 23.5 Å². The average molecular weight is 523 g/mol. The van der Waals surface area contributed by atoms with Gasteiger partial charge in [-0.1, -0.05) is 0 Å². The monoisotopic (exact) mass is 523 g/mol. The molecule has 0 spiro atoms. The number of aryl methyl sites for hydroxylation is 1. The van der Waals surface area contributed by atoms with Crippen LogP contribution in [-0.2, 0) is 31.6 Å². The summed E-state index contributed by atoms with van der Waals surface area (Å²) in [5, 5.41) is 19.6. The fourth-order valence-electron chi connectivity index (χ4n) is 2.51. The number of nitriles is 1. The first kappa shape index (κ1) is 26.2. The largest absolute Gasteiger partial charge is 0.490 e. The molecule has 0 saturated carbocycles. The van der Waals surface area contributed by atoms with Gasteiger partial charge in [0.15, 0.2) is 11.0 Å². The number of nitrogens with zero attached hydrogens (tertiary/aromatic N) is 2. The lowest BCUT2D eigenvalue weighted by molar-refractivity contribution is -0.0455. The fourth-order valence-corrected chi connectivity index (χ4v) is 5.79. The molecule has 3 unspecified atom stereocenters. The van der Waals surface area contributed by atoms with Crippen molar-refractivity contribution >= 4 is 35.7 Å². The summed E-state index contributed by atoms with van der Waals surface area (Å²) in [6, 6.07) is 1.77. The lowest BCUT2D eigenvalue weighted by Crippen LogP contribution is -2.30. The van der Waals surface area contributed by atoms with Gasteiger partial charge in [0.2, 0.25) is 0 Å². The smallest absolute Gasteiger partial charge is 0.389 e. The molecule has 2 rings (SSSR count). The Morgan fingerprint density at radius 1 is 1.26 bits per heavy atom. The molecule has 6 N–H and O–H groups in total. The Kier molecular flexibility index (Phi) is 7.95. The maximum Gasteiger partial charge on any atom is 0.490 e. The zero-order valence-corrected chi connectivity index (χ0v) is 18.7. The molecule has 0 aromatic carbocycles. The van der Waals surface area contributed by atoms with E-state index < -0.39 is 60.0 Å². The Morgan fingerprint density at radius 3 is 2.42 bits per heavy atom. The third-order valence-corrected chi connectivity index (χ3v) is 7.87. The molecule has 0 bridgehead atoms. The van der Waals surface area contributed by atoms with Gasteiger partial charge in [0, 0.05) is 11.8 Å². The van der Waals surface area contributed by atoms with Crippen LogP contribution in [0.5, 0.6) is 0 Å². The van der Waals surface area contributed by atoms with E-state index >= 15 is 0 Å². The lowest BCUT2D eigenvalue weighted by atomic mass is 10.0. The highest BCUT2D eigenvalue weighted by molar-refractivity contribution is 7.71. The number of H-pyrrole nitrogens is 1. The second-order valence-corrected chi connectivity index (χ2v) is 10.9. The second-order valence-electron chi connectivity index (χ2n) is 6.08. The standard InChI is InChI=1S/C11H16N3O13P3S/c1-5-3-14(11(31)13-9(5)16)10-6(2-12)8(15)7(25-10)4-24-29(20,21)27-30(22,23)26-28(17,18)19/h3,6-8,10,15H,4H2,1H3,(H,20,21)(H,22,23)(H,13,16,31)(H2,17,18,19)/t6?,7-,8-,10-/m0/s1. The summed E-state index contributed by atoms with van der Waals surface area (Å²) in [5.74, 6) is -1.27. The number of rotatable bonds is 8. The van der Waals surface area contributed by atoms with Gasteiger partial charge in [-0.2, -0.15) is 13.9 Å². The highest BCUT2D eigenvalue weighted by atomic mass is 32.1. The minimum atomic E-state index is -5.72. The van der Waals surface area contributed by atoms with Crippen LogP contribution < -0.4 is 5.56 Å². The van der Waals surface area contributed by atoms with Crippen molar-refractivity contribution < 1.29 is 56.3 Å². The molecule has 0 amide bonds. The van der Waals surface area contributed by atoms with Crippen LogP contribution in [0.2, 0.25) is 0 Å². The molecule has 1 aromatic heterocycles. The zero-order valence-electron chi connectivity index (χ0n) is 15.2. The molecule has 1 aromatic rings. The van der Waals surface area contributed by atoms with Gasteiger partial charge in [0.05, 0.1) is 12.7 Å². The third-order valence-electron chi connectivity index (χ3n) is 3.76. The van der Waals surface area contributed by atoms with Crippen LogP contribution in [-0.4, -0.2) is 53.0 Å². The van der Waals surface area contributed by atoms with Crippen LogP contribution in [0.1, 0.15) is 11.8 Å². The topological polar surface area (TPSA) is 251 Å². The lowest BCUT2D eigenvalue weighted by Gasteiger charge is -2.19. The summed E-state index contributed by atoms with van der Waals surface area (Å²) >= 11 is 5.00. The third kappa shape index (κ3) is 6.95. The van der Waals surface area contributed by atoms with Crippen LogP contribution in [0.25, 0.3) is 0 Å². The van der Waals surface area contributed by atoms with Crippen LogP contribution in [0.4, 0.5) is 0 Å². The summed E-state index contributed by atoms with van der Waals surface area (Å²) in [6.07, 6.45) is -3.02. The molecule has 16 nitrogen and oxygen atoms in total. The number of phosphoric acid groups is 3. The quantitative estimate of drug-likeness (QED) is 0.193. The molecule has 1 aliphatic rings. The molecule has 20 heteroatoms. The van der Waals surface area contributed by atoms with Gasteiger partial charge < -0.3 is 29.4 Å². The number of phosphoric ester groups is 1. The van der Waals surface area contributed by atoms with Gasteiger partial charge in [0.25, 0.3) is 5.56 Å². The van der Waals surface area contributed by atoms with E-state index in [1.807, 2.05) is 0 Å². The van der Waals surface area contributed by atoms with Gasteiger partial charge in [0.1, 0.15) is 18.1 Å². The highest BCUT2D eigenvalue weighted by Gasteiger charge is 2.47. The summed E-state index contributed by atoms with van der Waals surface area (Å²) < 4.78 is 51.8. The van der Waals surface area contributed by atoms with Crippen molar-refractivity contribution in [2.24, 2.45) is 5.92 Å². The molecule has 6 atom stereocenters. The van der Waals surface area contributed by atoms with E-state index in [1.165, 1.54) is 17.7 Å². The molecule has 1 fully saturated rings. The minimum Gasteiger partial charge on any atom is -0.389 e. The number of ether oxygens (including phenoxy) is 1. The van der Waals surface area contributed by atoms with Crippen LogP contribution in [0.3, 0.4) is 0 Å². The molecule has 0 radical (unpaired) electrons. The van der Waals surface area contributed by atoms with Crippen molar-refractivity contribution in [3.8, 4) is 6.07 Å². The molecule has 2 heterocycles. The summed E-state index contributed by atoms with van der Waals surface area (Å²) in [7, 11) is -16.7. The molecule has 0 aliphatic carbocycles. The molecular formula is C11H16N3O13P3S. The maximum atomic E-state index is 11.8. The van der Waals surface area contributed by atoms with Crippen molar-refractivity contribution in [2.75, 3.05) is 6.61 Å². The van der Waals surface area contributed by atoms with Gasteiger partial charge in [-0.3, -0.25) is 18.9 Å². The number of aliphatic hydroxyl groups excluding tert-OH is 1. The van der Waals surface area contributed by atoms with E-state index in [-0.39, 0.29) is 10.3 Å². The number of nitrogens with one attached hydrogen (secondary N) is 1. The maximum absolute atomic E-state index is 11.8. The van der Waals surface area contributed by atoms with Crippen LogP contribution in [0, 0.1) is 28.9 Å². The Hall–Kier alpha value is -1.08. The van der Waals surface area contributed by atoms with E-state index in [2.05, 4.69) is 18.1 Å². The van der Waals surface area contributed by atoms with E-state index in [4.69, 9.17) is 31.6 Å². The Morgan fingerprint density at radius 2 is 1.87 bits per heavy atom. The van der Waals surface area contributed by atoms with E-state index in [9.17, 15) is 33.8 Å². The number of hydrogen-bond donors (Lipinski definition) is 6. The first-order valence-electron chi connectivity index (χ1n) is 7.89. The van der Waals surface area contributed by atoms with Gasteiger partial charge in [-0.25, -0.2) is 13.7 Å². The first-order valence-corrected chi connectivity index (χ1v) is 12.8. The molecule has 1 saturated heterocycles. The molecular weight excluding hydrogens is 507 g/mol. The summed E-state index contributed by atoms with van der Waals surface area (Å²) in [4.78, 5) is 49.5. The normalized spacial score (nSPS) is 27.9. The first-order chi connectivity index (χ1) is 14.1. The summed E-state index contributed by atoms with van der Waals surface area (Å²) in [6.45, 7) is 0.485. The number of aliphatic hydroxyl groups is 1. The van der Waals surface area contributed by atoms with Crippen molar-refractivity contribution in [1.29, 1.82) is 5.26 Å². The van der Waals surface area contributed by atoms with Crippen molar-refractivity contribution in [3.63, 3.8) is 0 Å². The zero-order chi connectivity index (χ0) is 23.8. The van der Waals surface area contributed by atoms with Crippen molar-refractivity contribution in [2.45, 2.75) is 25.4 Å². The Bertz CT molecular complexity index is 1140. The van der Waals surface area contributed by atoms with E-state index in [0.29, 0.717) is 0 Å². The highest BCUT2D eigenvalue weighted by Crippen LogP contribution is 2.66. The predicted octanol–water partition coefficient (Wildman–Crippen LogP) is -0.0443. The number of aromatic amines is 1. The Labute approximate surface area is 178 Å². The average Bonchev–Trinajstić information content (AvgIpc) is 2.88. The van der Waals surface area contributed by atoms with Crippen molar-refractivity contribution in [3.05, 3.63) is 26.9 Å². The Balaban J connectivity index is 2.15. The van der Waals surface area contributed by atoms with Crippen LogP contribution >= 0.6 is 35.7 Å². The molecule has 31 heavy (non-hydrogen) atoms. The summed E-state index contributed by atoms with van der Waals surface area (Å²) in [5.41, 5.74) is -0.280. The predicted molar refractivity (Wildman–Crippen MR) is 99.5 cm³/mol. The number of hydrogen-bond acceptors (Lipinski definition) is 11. The van der Waals surface area contributed by atoms with Crippen molar-refractivity contribution in [1.82, 2.24) is 9.55 Å². The SMILES string of the molecule is Cc1cn([C@H]2O[C@@H](COP(=O)(O)OP(=O)(O)OP(=O)(O)O)[C@@H](O)C2C#N)c(=S)[nH]c1=O. The van der Waals surface area contributed by atoms with E-state index in [0.717, 1.165) is 0 Å². The second kappa shape index (κ2) is 9.42. The van der Waals surface area contributed by atoms with E-state index in [1.54, 1.807) is 6.07 Å². The fraction of sp³-hybridized carbons (Fsp3) is 0.545.